The lowest BCUT2D eigenvalue weighted by Gasteiger charge is -2.04. The van der Waals surface area contributed by atoms with E-state index in [1.165, 1.54) is 7.05 Å². The molecule has 1 unspecified atom stereocenters. The number of nitrogens with zero attached hydrogens (tertiary/aromatic N) is 1. The van der Waals surface area contributed by atoms with Crippen molar-refractivity contribution in [1.82, 2.24) is 4.90 Å². The van der Waals surface area contributed by atoms with Crippen molar-refractivity contribution in [1.29, 1.82) is 0 Å². The molecule has 1 aliphatic rings. The largest absolute Gasteiger partial charge is 0.463 e. The number of rotatable bonds is 2. The zero-order valence-electron chi connectivity index (χ0n) is 7.27. The Morgan fingerprint density at radius 2 is 2.23 bits per heavy atom. The molecule has 6 heteroatoms. The van der Waals surface area contributed by atoms with Crippen molar-refractivity contribution in [3.05, 3.63) is 0 Å². The Kier molecular flexibility index (Phi) is 2.50. The second-order valence-electron chi connectivity index (χ2n) is 2.41. The van der Waals surface area contributed by atoms with Crippen molar-refractivity contribution in [2.24, 2.45) is 0 Å². The highest BCUT2D eigenvalue weighted by Crippen LogP contribution is 2.11. The molecule has 1 rings (SSSR count). The van der Waals surface area contributed by atoms with Gasteiger partial charge in [0.2, 0.25) is 0 Å². The second-order valence-corrected chi connectivity index (χ2v) is 2.41. The lowest BCUT2D eigenvalue weighted by atomic mass is 10.3. The predicted octanol–water partition coefficient (Wildman–Crippen LogP) is -0.473. The number of ether oxygens (including phenoxy) is 2. The summed E-state index contributed by atoms with van der Waals surface area (Å²) >= 11 is 0. The summed E-state index contributed by atoms with van der Waals surface area (Å²) in [6.07, 6.45) is -2.25. The van der Waals surface area contributed by atoms with Crippen molar-refractivity contribution < 1.29 is 23.9 Å². The highest BCUT2D eigenvalue weighted by molar-refractivity contribution is 6.10. The summed E-state index contributed by atoms with van der Waals surface area (Å²) in [4.78, 5) is 33.6. The van der Waals surface area contributed by atoms with E-state index in [-0.39, 0.29) is 6.61 Å². The molecule has 13 heavy (non-hydrogen) atoms. The number of esters is 1. The van der Waals surface area contributed by atoms with Crippen molar-refractivity contribution >= 4 is 18.0 Å². The van der Waals surface area contributed by atoms with Crippen LogP contribution in [0, 0.1) is 0 Å². The highest BCUT2D eigenvalue weighted by Gasteiger charge is 2.43. The molecular weight excluding hydrogens is 178 g/mol. The van der Waals surface area contributed by atoms with Crippen molar-refractivity contribution in [2.45, 2.75) is 13.0 Å². The molecule has 0 spiro atoms. The number of cyclic esters (lactones) is 1. The summed E-state index contributed by atoms with van der Waals surface area (Å²) in [5, 5.41) is 0. The molecule has 1 aliphatic heterocycles. The summed E-state index contributed by atoms with van der Waals surface area (Å²) in [7, 11) is 1.24. The third kappa shape index (κ3) is 1.61. The Labute approximate surface area is 74.4 Å². The molecule has 72 valence electrons. The molecule has 1 saturated heterocycles. The smallest absolute Gasteiger partial charge is 0.417 e. The highest BCUT2D eigenvalue weighted by atomic mass is 16.6. The Hall–Kier alpha value is -1.59. The van der Waals surface area contributed by atoms with Crippen LogP contribution in [0.2, 0.25) is 0 Å². The quantitative estimate of drug-likeness (QED) is 0.431. The Morgan fingerprint density at radius 1 is 1.62 bits per heavy atom. The van der Waals surface area contributed by atoms with Gasteiger partial charge in [-0.3, -0.25) is 4.79 Å². The van der Waals surface area contributed by atoms with Gasteiger partial charge in [0.15, 0.2) is 0 Å². The lowest BCUT2D eigenvalue weighted by Crippen LogP contribution is -2.33. The first-order valence-electron chi connectivity index (χ1n) is 3.72. The fourth-order valence-electron chi connectivity index (χ4n) is 0.863. The van der Waals surface area contributed by atoms with Crippen LogP contribution in [0.5, 0.6) is 0 Å². The molecule has 2 amide bonds. The van der Waals surface area contributed by atoms with E-state index in [2.05, 4.69) is 9.47 Å². The van der Waals surface area contributed by atoms with Gasteiger partial charge >= 0.3 is 12.1 Å². The first-order chi connectivity index (χ1) is 6.07. The van der Waals surface area contributed by atoms with Gasteiger partial charge in [0, 0.05) is 7.05 Å². The first kappa shape index (κ1) is 9.50. The van der Waals surface area contributed by atoms with Crippen molar-refractivity contribution in [3.8, 4) is 0 Å². The fourth-order valence-corrected chi connectivity index (χ4v) is 0.863. The molecule has 0 aromatic heterocycles. The van der Waals surface area contributed by atoms with Gasteiger partial charge in [-0.1, -0.05) is 0 Å². The predicted molar refractivity (Wildman–Crippen MR) is 39.7 cm³/mol. The summed E-state index contributed by atoms with van der Waals surface area (Å²) in [5.74, 6) is -1.52. The van der Waals surface area contributed by atoms with Crippen LogP contribution in [0.25, 0.3) is 0 Å². The summed E-state index contributed by atoms with van der Waals surface area (Å²) in [6.45, 7) is 1.74. The van der Waals surface area contributed by atoms with E-state index in [0.29, 0.717) is 0 Å². The van der Waals surface area contributed by atoms with Gasteiger partial charge < -0.3 is 9.47 Å². The van der Waals surface area contributed by atoms with Crippen LogP contribution in [0.15, 0.2) is 0 Å². The third-order valence-electron chi connectivity index (χ3n) is 1.55. The monoisotopic (exact) mass is 187 g/mol. The minimum absolute atomic E-state index is 0.143. The van der Waals surface area contributed by atoms with Gasteiger partial charge in [-0.25, -0.2) is 14.5 Å². The van der Waals surface area contributed by atoms with E-state index in [1.807, 2.05) is 0 Å². The molecule has 0 radical (unpaired) electrons. The minimum atomic E-state index is -1.42. The minimum Gasteiger partial charge on any atom is -0.463 e. The van der Waals surface area contributed by atoms with E-state index in [0.717, 1.165) is 4.90 Å². The molecule has 0 saturated carbocycles. The van der Waals surface area contributed by atoms with Crippen LogP contribution < -0.4 is 0 Å². The standard InChI is InChI=1S/C7H9NO5/c1-3-12-6(10)4-5(9)8(2)7(11)13-4/h4H,3H2,1-2H3. The van der Waals surface area contributed by atoms with Crippen molar-refractivity contribution in [2.75, 3.05) is 13.7 Å². The Bertz CT molecular complexity index is 262. The molecule has 1 heterocycles. The van der Waals surface area contributed by atoms with Crippen LogP contribution in [0.1, 0.15) is 6.92 Å². The SMILES string of the molecule is CCOC(=O)C1OC(=O)N(C)C1=O. The molecule has 1 atom stereocenters. The average molecular weight is 187 g/mol. The maximum Gasteiger partial charge on any atom is 0.417 e. The van der Waals surface area contributed by atoms with Crippen molar-refractivity contribution in [3.63, 3.8) is 0 Å². The Balaban J connectivity index is 2.68. The molecule has 0 aromatic rings. The normalized spacial score (nSPS) is 21.7. The van der Waals surface area contributed by atoms with Gasteiger partial charge in [-0.05, 0) is 6.92 Å². The summed E-state index contributed by atoms with van der Waals surface area (Å²) < 4.78 is 8.99. The van der Waals surface area contributed by atoms with Gasteiger partial charge in [0.1, 0.15) is 0 Å². The number of hydrogen-bond donors (Lipinski definition) is 0. The van der Waals surface area contributed by atoms with E-state index in [1.54, 1.807) is 6.92 Å². The van der Waals surface area contributed by atoms with Crippen LogP contribution in [0.4, 0.5) is 4.79 Å². The topological polar surface area (TPSA) is 72.9 Å². The van der Waals surface area contributed by atoms with E-state index in [9.17, 15) is 14.4 Å². The van der Waals surface area contributed by atoms with Crippen LogP contribution >= 0.6 is 0 Å². The van der Waals surface area contributed by atoms with Crippen LogP contribution in [0.3, 0.4) is 0 Å². The average Bonchev–Trinajstić information content (AvgIpc) is 2.33. The number of likely N-dealkylation sites (N-methyl/N-ethyl adjacent to an activating group) is 1. The van der Waals surface area contributed by atoms with E-state index in [4.69, 9.17) is 0 Å². The lowest BCUT2D eigenvalue weighted by molar-refractivity contribution is -0.155. The number of amides is 2. The number of hydrogen-bond acceptors (Lipinski definition) is 5. The van der Waals surface area contributed by atoms with E-state index >= 15 is 0 Å². The van der Waals surface area contributed by atoms with Gasteiger partial charge in [0.25, 0.3) is 12.0 Å². The fraction of sp³-hybridized carbons (Fsp3) is 0.571. The Morgan fingerprint density at radius 3 is 2.62 bits per heavy atom. The number of carbonyl (C=O) groups is 3. The third-order valence-corrected chi connectivity index (χ3v) is 1.55. The second kappa shape index (κ2) is 3.42. The maximum atomic E-state index is 11.1. The molecule has 6 nitrogen and oxygen atoms in total. The number of imide groups is 1. The maximum absolute atomic E-state index is 11.1. The summed E-state index contributed by atoms with van der Waals surface area (Å²) in [6, 6.07) is 0. The first-order valence-corrected chi connectivity index (χ1v) is 3.72. The van der Waals surface area contributed by atoms with Crippen LogP contribution in [-0.4, -0.2) is 42.6 Å². The van der Waals surface area contributed by atoms with E-state index < -0.39 is 24.1 Å². The molecule has 0 aromatic carbocycles. The molecule has 1 fully saturated rings. The zero-order chi connectivity index (χ0) is 10.0. The van der Waals surface area contributed by atoms with Gasteiger partial charge in [-0.2, -0.15) is 0 Å². The summed E-state index contributed by atoms with van der Waals surface area (Å²) in [5.41, 5.74) is 0. The zero-order valence-corrected chi connectivity index (χ0v) is 7.27. The molecule has 0 bridgehead atoms. The van der Waals surface area contributed by atoms with Crippen LogP contribution in [-0.2, 0) is 19.1 Å². The molecule has 0 N–H and O–H groups in total. The molecule has 0 aliphatic carbocycles. The molecular formula is C7H9NO5. The van der Waals surface area contributed by atoms with Gasteiger partial charge in [0.05, 0.1) is 6.61 Å². The van der Waals surface area contributed by atoms with Gasteiger partial charge in [-0.15, -0.1) is 0 Å². The number of carbonyl (C=O) groups excluding carboxylic acids is 3.